The lowest BCUT2D eigenvalue weighted by molar-refractivity contribution is -0.00539. The minimum Gasteiger partial charge on any atom is -0.372 e. The van der Waals surface area contributed by atoms with Crippen LogP contribution in [-0.2, 0) is 11.3 Å². The number of amides is 2. The van der Waals surface area contributed by atoms with Crippen LogP contribution in [-0.4, -0.2) is 37.4 Å². The number of carbonyl (C=O) groups excluding carboxylic acids is 1. The van der Waals surface area contributed by atoms with E-state index in [-0.39, 0.29) is 30.1 Å². The summed E-state index contributed by atoms with van der Waals surface area (Å²) in [5.41, 5.74) is 1.36. The number of morpholine rings is 1. The summed E-state index contributed by atoms with van der Waals surface area (Å²) in [6.07, 6.45) is 5.88. The van der Waals surface area contributed by atoms with Gasteiger partial charge in [-0.05, 0) is 44.4 Å². The van der Waals surface area contributed by atoms with E-state index >= 15 is 0 Å². The second kappa shape index (κ2) is 8.71. The van der Waals surface area contributed by atoms with E-state index in [0.29, 0.717) is 25.3 Å². The van der Waals surface area contributed by atoms with Crippen LogP contribution in [0.3, 0.4) is 0 Å². The number of hydrogen-bond donors (Lipinski definition) is 2. The Morgan fingerprint density at radius 1 is 1.19 bits per heavy atom. The molecule has 5 nitrogen and oxygen atoms in total. The Bertz CT molecular complexity index is 609. The Kier molecular flexibility index (Phi) is 6.35. The van der Waals surface area contributed by atoms with E-state index in [1.54, 1.807) is 6.07 Å². The van der Waals surface area contributed by atoms with Crippen molar-refractivity contribution < 1.29 is 13.9 Å². The number of carbonyl (C=O) groups is 1. The summed E-state index contributed by atoms with van der Waals surface area (Å²) in [6.45, 7) is 5.70. The number of benzene rings is 1. The summed E-state index contributed by atoms with van der Waals surface area (Å²) in [7, 11) is 0. The van der Waals surface area contributed by atoms with Crippen molar-refractivity contribution in [2.75, 3.05) is 18.0 Å². The average Bonchev–Trinajstić information content (AvgIpc) is 2.60. The van der Waals surface area contributed by atoms with Crippen LogP contribution < -0.4 is 15.5 Å². The second-order valence-electron chi connectivity index (χ2n) is 7.61. The number of nitrogens with zero attached hydrogens (tertiary/aromatic N) is 1. The molecule has 1 aromatic carbocycles. The van der Waals surface area contributed by atoms with E-state index < -0.39 is 0 Å². The highest BCUT2D eigenvalue weighted by Crippen LogP contribution is 2.24. The van der Waals surface area contributed by atoms with Crippen LogP contribution in [0, 0.1) is 5.82 Å². The largest absolute Gasteiger partial charge is 0.372 e. The molecule has 6 heteroatoms. The molecular formula is C20H30FN3O2. The molecule has 0 radical (unpaired) electrons. The standard InChI is InChI=1S/C20H30FN3O2/c1-14-12-24(13-15(2)26-14)19-9-8-16(10-18(19)21)11-22-20(25)23-17-6-4-3-5-7-17/h8-10,14-15,17H,3-7,11-13H2,1-2H3,(H2,22,23,25). The Morgan fingerprint density at radius 3 is 2.54 bits per heavy atom. The lowest BCUT2D eigenvalue weighted by Gasteiger charge is -2.37. The summed E-state index contributed by atoms with van der Waals surface area (Å²) in [6, 6.07) is 5.30. The summed E-state index contributed by atoms with van der Waals surface area (Å²) >= 11 is 0. The number of halogens is 1. The van der Waals surface area contributed by atoms with Gasteiger partial charge in [0.2, 0.25) is 0 Å². The van der Waals surface area contributed by atoms with Crippen LogP contribution in [0.4, 0.5) is 14.9 Å². The van der Waals surface area contributed by atoms with Crippen LogP contribution in [0.2, 0.25) is 0 Å². The SMILES string of the molecule is CC1CN(c2ccc(CNC(=O)NC3CCCCC3)cc2F)CC(C)O1. The first kappa shape index (κ1) is 19.0. The zero-order valence-corrected chi connectivity index (χ0v) is 15.8. The van der Waals surface area contributed by atoms with Gasteiger partial charge in [0.15, 0.2) is 0 Å². The Hall–Kier alpha value is -1.82. The van der Waals surface area contributed by atoms with Crippen molar-refractivity contribution in [2.45, 2.75) is 70.7 Å². The van der Waals surface area contributed by atoms with Gasteiger partial charge in [-0.1, -0.05) is 25.3 Å². The number of rotatable bonds is 4. The molecule has 1 aliphatic heterocycles. The normalized spacial score (nSPS) is 24.3. The summed E-state index contributed by atoms with van der Waals surface area (Å²) < 4.78 is 20.3. The van der Waals surface area contributed by atoms with Crippen molar-refractivity contribution in [3.8, 4) is 0 Å². The quantitative estimate of drug-likeness (QED) is 0.860. The maximum atomic E-state index is 14.6. The fraction of sp³-hybridized carbons (Fsp3) is 0.650. The minimum atomic E-state index is -0.252. The molecule has 0 spiro atoms. The molecule has 2 fully saturated rings. The van der Waals surface area contributed by atoms with Crippen LogP contribution >= 0.6 is 0 Å². The monoisotopic (exact) mass is 363 g/mol. The molecule has 26 heavy (non-hydrogen) atoms. The van der Waals surface area contributed by atoms with Crippen LogP contribution in [0.1, 0.15) is 51.5 Å². The van der Waals surface area contributed by atoms with Crippen LogP contribution in [0.25, 0.3) is 0 Å². The molecule has 2 atom stereocenters. The molecule has 2 N–H and O–H groups in total. The second-order valence-corrected chi connectivity index (χ2v) is 7.61. The van der Waals surface area contributed by atoms with Gasteiger partial charge < -0.3 is 20.3 Å². The molecule has 1 aromatic rings. The van der Waals surface area contributed by atoms with Gasteiger partial charge in [-0.3, -0.25) is 0 Å². The van der Waals surface area contributed by atoms with E-state index in [2.05, 4.69) is 10.6 Å². The zero-order chi connectivity index (χ0) is 18.5. The Morgan fingerprint density at radius 2 is 1.88 bits per heavy atom. The van der Waals surface area contributed by atoms with Gasteiger partial charge in [0, 0.05) is 25.7 Å². The van der Waals surface area contributed by atoms with E-state index in [9.17, 15) is 9.18 Å². The fourth-order valence-corrected chi connectivity index (χ4v) is 3.96. The van der Waals surface area contributed by atoms with Crippen molar-refractivity contribution in [3.63, 3.8) is 0 Å². The molecule has 2 unspecified atom stereocenters. The zero-order valence-electron chi connectivity index (χ0n) is 15.8. The number of anilines is 1. The number of urea groups is 1. The molecule has 0 bridgehead atoms. The minimum absolute atomic E-state index is 0.0861. The van der Waals surface area contributed by atoms with Gasteiger partial charge in [-0.2, -0.15) is 0 Å². The Balaban J connectivity index is 1.53. The van der Waals surface area contributed by atoms with Gasteiger partial charge in [0.05, 0.1) is 17.9 Å². The van der Waals surface area contributed by atoms with Crippen molar-refractivity contribution >= 4 is 11.7 Å². The maximum absolute atomic E-state index is 14.6. The first-order chi connectivity index (χ1) is 12.5. The smallest absolute Gasteiger partial charge is 0.315 e. The lowest BCUT2D eigenvalue weighted by Crippen LogP contribution is -2.45. The van der Waals surface area contributed by atoms with Crippen LogP contribution in [0.5, 0.6) is 0 Å². The predicted molar refractivity (Wildman–Crippen MR) is 101 cm³/mol. The lowest BCUT2D eigenvalue weighted by atomic mass is 9.96. The Labute approximate surface area is 155 Å². The maximum Gasteiger partial charge on any atom is 0.315 e. The van der Waals surface area contributed by atoms with Gasteiger partial charge in [-0.25, -0.2) is 9.18 Å². The highest BCUT2D eigenvalue weighted by atomic mass is 19.1. The highest BCUT2D eigenvalue weighted by molar-refractivity contribution is 5.74. The molecule has 0 aromatic heterocycles. The van der Waals surface area contributed by atoms with Crippen molar-refractivity contribution in [1.82, 2.24) is 10.6 Å². The molecule has 144 valence electrons. The molecule has 1 aliphatic carbocycles. The van der Waals surface area contributed by atoms with Crippen molar-refractivity contribution in [2.24, 2.45) is 0 Å². The van der Waals surface area contributed by atoms with E-state index in [0.717, 1.165) is 18.4 Å². The molecule has 3 rings (SSSR count). The van der Waals surface area contributed by atoms with E-state index in [1.165, 1.54) is 25.3 Å². The van der Waals surface area contributed by atoms with Crippen molar-refractivity contribution in [1.29, 1.82) is 0 Å². The number of nitrogens with one attached hydrogen (secondary N) is 2. The third-order valence-corrected chi connectivity index (χ3v) is 5.17. The molecule has 2 amide bonds. The van der Waals surface area contributed by atoms with Crippen LogP contribution in [0.15, 0.2) is 18.2 Å². The first-order valence-corrected chi connectivity index (χ1v) is 9.74. The number of hydrogen-bond acceptors (Lipinski definition) is 3. The van der Waals surface area contributed by atoms with Gasteiger partial charge in [-0.15, -0.1) is 0 Å². The molecule has 1 heterocycles. The van der Waals surface area contributed by atoms with E-state index in [1.807, 2.05) is 24.8 Å². The topological polar surface area (TPSA) is 53.6 Å². The van der Waals surface area contributed by atoms with Gasteiger partial charge >= 0.3 is 6.03 Å². The highest BCUT2D eigenvalue weighted by Gasteiger charge is 2.24. The molecule has 1 saturated carbocycles. The molecule has 1 saturated heterocycles. The van der Waals surface area contributed by atoms with Gasteiger partial charge in [0.25, 0.3) is 0 Å². The summed E-state index contributed by atoms with van der Waals surface area (Å²) in [4.78, 5) is 14.0. The predicted octanol–water partition coefficient (Wildman–Crippen LogP) is 3.57. The fourth-order valence-electron chi connectivity index (χ4n) is 3.96. The summed E-state index contributed by atoms with van der Waals surface area (Å²) in [5.74, 6) is -0.252. The van der Waals surface area contributed by atoms with E-state index in [4.69, 9.17) is 4.74 Å². The third-order valence-electron chi connectivity index (χ3n) is 5.17. The number of ether oxygens (including phenoxy) is 1. The molecular weight excluding hydrogens is 333 g/mol. The van der Waals surface area contributed by atoms with Gasteiger partial charge in [0.1, 0.15) is 5.82 Å². The van der Waals surface area contributed by atoms with Crippen molar-refractivity contribution in [3.05, 3.63) is 29.6 Å². The third kappa shape index (κ3) is 5.10. The first-order valence-electron chi connectivity index (χ1n) is 9.74. The summed E-state index contributed by atoms with van der Waals surface area (Å²) in [5, 5.41) is 5.85. The average molecular weight is 363 g/mol. The molecule has 2 aliphatic rings.